The third-order valence-corrected chi connectivity index (χ3v) is 4.99. The minimum Gasteiger partial charge on any atom is -0.496 e. The second-order valence-corrected chi connectivity index (χ2v) is 7.66. The number of rotatable bonds is 5. The van der Waals surface area contributed by atoms with Gasteiger partial charge in [0.05, 0.1) is 12.0 Å². The zero-order chi connectivity index (χ0) is 20.3. The van der Waals surface area contributed by atoms with Crippen LogP contribution in [-0.4, -0.2) is 29.6 Å². The zero-order valence-electron chi connectivity index (χ0n) is 15.8. The smallest absolute Gasteiger partial charge is 0.266 e. The van der Waals surface area contributed by atoms with Crippen molar-refractivity contribution >= 4 is 34.6 Å². The first-order valence-electron chi connectivity index (χ1n) is 8.77. The van der Waals surface area contributed by atoms with E-state index >= 15 is 0 Å². The van der Waals surface area contributed by atoms with E-state index < -0.39 is 11.6 Å². The van der Waals surface area contributed by atoms with E-state index in [1.165, 1.54) is 11.0 Å². The molecule has 1 aliphatic rings. The van der Waals surface area contributed by atoms with Crippen LogP contribution < -0.4 is 4.74 Å². The number of aliphatic imine (C=N–C) groups is 1. The number of amidine groups is 1. The average Bonchev–Trinajstić information content (AvgIpc) is 2.93. The van der Waals surface area contributed by atoms with E-state index in [1.54, 1.807) is 13.2 Å². The van der Waals surface area contributed by atoms with Crippen molar-refractivity contribution in [2.24, 2.45) is 10.9 Å². The van der Waals surface area contributed by atoms with E-state index in [-0.39, 0.29) is 17.5 Å². The van der Waals surface area contributed by atoms with Gasteiger partial charge in [-0.2, -0.15) is 0 Å². The molecule has 0 N–H and O–H groups in total. The van der Waals surface area contributed by atoms with Gasteiger partial charge in [0.2, 0.25) is 0 Å². The molecule has 3 rings (SSSR count). The van der Waals surface area contributed by atoms with Crippen molar-refractivity contribution in [1.82, 2.24) is 4.90 Å². The van der Waals surface area contributed by atoms with Gasteiger partial charge in [0, 0.05) is 18.2 Å². The lowest BCUT2D eigenvalue weighted by atomic mass is 10.1. The molecule has 1 heterocycles. The fourth-order valence-corrected chi connectivity index (χ4v) is 3.71. The Morgan fingerprint density at radius 3 is 2.64 bits per heavy atom. The maximum absolute atomic E-state index is 14.0. The molecule has 0 aromatic heterocycles. The lowest BCUT2D eigenvalue weighted by Gasteiger charge is -2.17. The van der Waals surface area contributed by atoms with Crippen molar-refractivity contribution in [3.05, 3.63) is 64.6 Å². The van der Waals surface area contributed by atoms with Gasteiger partial charge in [-0.05, 0) is 42.0 Å². The molecule has 1 aliphatic heterocycles. The highest BCUT2D eigenvalue weighted by Crippen LogP contribution is 2.36. The van der Waals surface area contributed by atoms with E-state index in [4.69, 9.17) is 4.74 Å². The van der Waals surface area contributed by atoms with Gasteiger partial charge in [-0.15, -0.1) is 0 Å². The lowest BCUT2D eigenvalue weighted by Crippen LogP contribution is -2.32. The topological polar surface area (TPSA) is 41.9 Å². The number of hydrogen-bond donors (Lipinski definition) is 0. The molecule has 0 aliphatic carbocycles. The zero-order valence-corrected chi connectivity index (χ0v) is 16.6. The van der Waals surface area contributed by atoms with Crippen LogP contribution in [0.4, 0.5) is 14.5 Å². The van der Waals surface area contributed by atoms with Crippen LogP contribution in [0.1, 0.15) is 19.4 Å². The van der Waals surface area contributed by atoms with Crippen molar-refractivity contribution < 1.29 is 18.3 Å². The highest BCUT2D eigenvalue weighted by atomic mass is 32.2. The maximum Gasteiger partial charge on any atom is 0.266 e. The monoisotopic (exact) mass is 402 g/mol. The van der Waals surface area contributed by atoms with Gasteiger partial charge in [-0.3, -0.25) is 9.69 Å². The summed E-state index contributed by atoms with van der Waals surface area (Å²) in [7, 11) is 1.57. The van der Waals surface area contributed by atoms with Crippen molar-refractivity contribution in [3.63, 3.8) is 0 Å². The van der Waals surface area contributed by atoms with Crippen LogP contribution in [0.2, 0.25) is 0 Å². The molecule has 7 heteroatoms. The predicted molar refractivity (Wildman–Crippen MR) is 109 cm³/mol. The van der Waals surface area contributed by atoms with E-state index in [9.17, 15) is 13.6 Å². The molecular formula is C21H20F2N2O2S. The van der Waals surface area contributed by atoms with Crippen molar-refractivity contribution in [2.75, 3.05) is 13.7 Å². The summed E-state index contributed by atoms with van der Waals surface area (Å²) in [6.07, 6.45) is 1.74. The van der Waals surface area contributed by atoms with Crippen LogP contribution in [0.3, 0.4) is 0 Å². The number of nitrogens with zero attached hydrogens (tertiary/aromatic N) is 2. The van der Waals surface area contributed by atoms with Crippen LogP contribution >= 0.6 is 11.8 Å². The Morgan fingerprint density at radius 1 is 1.21 bits per heavy atom. The SMILES string of the molecule is COc1ccccc1/C=C1/SC(=Nc2ccc(F)cc2F)N(CC(C)C)C1=O. The standard InChI is InChI=1S/C21H20F2N2O2S/c1-13(2)12-25-20(26)19(10-14-6-4-5-7-18(14)27-3)28-21(25)24-17-9-8-15(22)11-16(17)23/h4-11,13H,12H2,1-3H3/b19-10+,24-21?. The number of carbonyl (C=O) groups excluding carboxylic acids is 1. The van der Waals surface area contributed by atoms with Gasteiger partial charge in [-0.1, -0.05) is 32.0 Å². The van der Waals surface area contributed by atoms with Crippen molar-refractivity contribution in [1.29, 1.82) is 0 Å². The summed E-state index contributed by atoms with van der Waals surface area (Å²) < 4.78 is 32.5. The second kappa shape index (κ2) is 8.56. The largest absolute Gasteiger partial charge is 0.496 e. The number of halogens is 2. The first kappa shape index (κ1) is 20.1. The van der Waals surface area contributed by atoms with Gasteiger partial charge in [0.25, 0.3) is 5.91 Å². The quantitative estimate of drug-likeness (QED) is 0.643. The molecule has 0 spiro atoms. The molecule has 28 heavy (non-hydrogen) atoms. The summed E-state index contributed by atoms with van der Waals surface area (Å²) >= 11 is 1.16. The van der Waals surface area contributed by atoms with E-state index in [2.05, 4.69) is 4.99 Å². The molecule has 4 nitrogen and oxygen atoms in total. The molecule has 0 unspecified atom stereocenters. The number of para-hydroxylation sites is 1. The molecule has 2 aromatic carbocycles. The Morgan fingerprint density at radius 2 is 1.96 bits per heavy atom. The molecule has 146 valence electrons. The predicted octanol–water partition coefficient (Wildman–Crippen LogP) is 5.23. The Bertz CT molecular complexity index is 957. The summed E-state index contributed by atoms with van der Waals surface area (Å²) in [6, 6.07) is 10.5. The van der Waals surface area contributed by atoms with Gasteiger partial charge in [0.1, 0.15) is 17.3 Å². The molecule has 0 radical (unpaired) electrons. The van der Waals surface area contributed by atoms with E-state index in [1.807, 2.05) is 38.1 Å². The second-order valence-electron chi connectivity index (χ2n) is 6.65. The van der Waals surface area contributed by atoms with Crippen molar-refractivity contribution in [2.45, 2.75) is 13.8 Å². The Labute approximate surface area is 166 Å². The van der Waals surface area contributed by atoms with Crippen LogP contribution in [-0.2, 0) is 4.79 Å². The van der Waals surface area contributed by atoms with Gasteiger partial charge in [-0.25, -0.2) is 13.8 Å². The molecule has 1 amide bonds. The molecular weight excluding hydrogens is 382 g/mol. The third kappa shape index (κ3) is 4.42. The summed E-state index contributed by atoms with van der Waals surface area (Å²) in [4.78, 5) is 19.2. The van der Waals surface area contributed by atoms with E-state index in [0.29, 0.717) is 22.4 Å². The Kier molecular flexibility index (Phi) is 6.14. The number of hydrogen-bond acceptors (Lipinski definition) is 4. The normalized spacial score (nSPS) is 17.2. The van der Waals surface area contributed by atoms with Crippen LogP contribution in [0.25, 0.3) is 6.08 Å². The first-order valence-corrected chi connectivity index (χ1v) is 9.59. The Balaban J connectivity index is 2.01. The van der Waals surface area contributed by atoms with Gasteiger partial charge in [0.15, 0.2) is 11.0 Å². The molecule has 2 aromatic rings. The number of benzene rings is 2. The number of thioether (sulfide) groups is 1. The summed E-state index contributed by atoms with van der Waals surface area (Å²) in [5.41, 5.74) is 0.753. The van der Waals surface area contributed by atoms with Gasteiger partial charge >= 0.3 is 0 Å². The van der Waals surface area contributed by atoms with Gasteiger partial charge < -0.3 is 4.74 Å². The minimum atomic E-state index is -0.771. The van der Waals surface area contributed by atoms with Crippen molar-refractivity contribution in [3.8, 4) is 5.75 Å². The molecule has 1 fully saturated rings. The summed E-state index contributed by atoms with van der Waals surface area (Å²) in [5, 5.41) is 0.366. The highest BCUT2D eigenvalue weighted by Gasteiger charge is 2.34. The number of ether oxygens (including phenoxy) is 1. The summed E-state index contributed by atoms with van der Waals surface area (Å²) in [5.74, 6) is -0.808. The van der Waals surface area contributed by atoms with Crippen LogP contribution in [0.5, 0.6) is 5.75 Å². The molecule has 1 saturated heterocycles. The Hall–Kier alpha value is -2.67. The third-order valence-electron chi connectivity index (χ3n) is 3.99. The first-order chi connectivity index (χ1) is 13.4. The molecule has 0 bridgehead atoms. The summed E-state index contributed by atoms with van der Waals surface area (Å²) in [6.45, 7) is 4.41. The number of amides is 1. The molecule has 0 saturated carbocycles. The highest BCUT2D eigenvalue weighted by molar-refractivity contribution is 8.18. The average molecular weight is 402 g/mol. The minimum absolute atomic E-state index is 0.0102. The fourth-order valence-electron chi connectivity index (χ4n) is 2.72. The maximum atomic E-state index is 14.0. The van der Waals surface area contributed by atoms with E-state index in [0.717, 1.165) is 29.5 Å². The number of methoxy groups -OCH3 is 1. The van der Waals surface area contributed by atoms with Crippen LogP contribution in [0, 0.1) is 17.6 Å². The number of carbonyl (C=O) groups is 1. The van der Waals surface area contributed by atoms with Crippen LogP contribution in [0.15, 0.2) is 52.4 Å². The fraction of sp³-hybridized carbons (Fsp3) is 0.238. The lowest BCUT2D eigenvalue weighted by molar-refractivity contribution is -0.122. The molecule has 0 atom stereocenters.